The van der Waals surface area contributed by atoms with Crippen molar-refractivity contribution in [3.63, 3.8) is 0 Å². The molecule has 0 aliphatic heterocycles. The van der Waals surface area contributed by atoms with Gasteiger partial charge in [-0.15, -0.1) is 0 Å². The fraction of sp³-hybridized carbons (Fsp3) is 0.588. The van der Waals surface area contributed by atoms with Gasteiger partial charge in [0.2, 0.25) is 5.91 Å². The van der Waals surface area contributed by atoms with Gasteiger partial charge in [-0.3, -0.25) is 4.79 Å². The van der Waals surface area contributed by atoms with Gasteiger partial charge in [0.05, 0.1) is 11.5 Å². The van der Waals surface area contributed by atoms with E-state index in [1.807, 2.05) is 6.92 Å². The minimum absolute atomic E-state index is 0.0346. The molecule has 21 heavy (non-hydrogen) atoms. The normalized spacial score (nSPS) is 27.1. The highest BCUT2D eigenvalue weighted by Gasteiger charge is 2.40. The molecule has 3 nitrogen and oxygen atoms in total. The number of carbonyl (C=O) groups is 1. The van der Waals surface area contributed by atoms with Crippen LogP contribution in [-0.2, 0) is 4.79 Å². The van der Waals surface area contributed by atoms with E-state index in [-0.39, 0.29) is 17.8 Å². The van der Waals surface area contributed by atoms with E-state index in [0.717, 1.165) is 25.7 Å². The Balaban J connectivity index is 2.08. The highest BCUT2D eigenvalue weighted by atomic mass is 19.1. The standard InChI is InChI=1S/C17H25FN2O/c1-12-7-9-17(11-19,10-8-12)16(21)20-13(2)14-5-3-4-6-15(14)18/h3-6,12-13H,7-11,19H2,1-2H3,(H,20,21). The number of benzene rings is 1. The van der Waals surface area contributed by atoms with E-state index in [1.54, 1.807) is 18.2 Å². The molecule has 1 aromatic rings. The van der Waals surface area contributed by atoms with Crippen molar-refractivity contribution >= 4 is 5.91 Å². The lowest BCUT2D eigenvalue weighted by atomic mass is 9.70. The molecule has 1 saturated carbocycles. The van der Waals surface area contributed by atoms with Crippen LogP contribution in [0.15, 0.2) is 24.3 Å². The van der Waals surface area contributed by atoms with Gasteiger partial charge in [-0.1, -0.05) is 25.1 Å². The molecule has 1 amide bonds. The van der Waals surface area contributed by atoms with Gasteiger partial charge in [0.15, 0.2) is 0 Å². The molecule has 0 aromatic heterocycles. The van der Waals surface area contributed by atoms with Crippen LogP contribution in [0, 0.1) is 17.2 Å². The van der Waals surface area contributed by atoms with Gasteiger partial charge in [0.1, 0.15) is 5.82 Å². The topological polar surface area (TPSA) is 55.1 Å². The lowest BCUT2D eigenvalue weighted by molar-refractivity contribution is -0.133. The van der Waals surface area contributed by atoms with Crippen LogP contribution in [0.3, 0.4) is 0 Å². The number of amides is 1. The maximum Gasteiger partial charge on any atom is 0.227 e. The second kappa shape index (κ2) is 6.56. The predicted molar refractivity (Wildman–Crippen MR) is 82.1 cm³/mol. The molecule has 0 bridgehead atoms. The largest absolute Gasteiger partial charge is 0.349 e. The first-order chi connectivity index (χ1) is 9.98. The SMILES string of the molecule is CC1CCC(CN)(C(=O)NC(C)c2ccccc2F)CC1. The van der Waals surface area contributed by atoms with Gasteiger partial charge in [0.25, 0.3) is 0 Å². The zero-order valence-electron chi connectivity index (χ0n) is 12.9. The summed E-state index contributed by atoms with van der Waals surface area (Å²) in [5.74, 6) is 0.332. The van der Waals surface area contributed by atoms with Crippen LogP contribution in [0.4, 0.5) is 4.39 Å². The van der Waals surface area contributed by atoms with Crippen molar-refractivity contribution in [2.75, 3.05) is 6.54 Å². The molecule has 1 aliphatic rings. The Morgan fingerprint density at radius 3 is 2.62 bits per heavy atom. The Bertz CT molecular complexity index is 495. The Kier molecular flexibility index (Phi) is 4.99. The van der Waals surface area contributed by atoms with E-state index >= 15 is 0 Å². The van der Waals surface area contributed by atoms with E-state index < -0.39 is 5.41 Å². The first-order valence-corrected chi connectivity index (χ1v) is 7.74. The summed E-state index contributed by atoms with van der Waals surface area (Å²) < 4.78 is 13.8. The molecular formula is C17H25FN2O. The van der Waals surface area contributed by atoms with Gasteiger partial charge < -0.3 is 11.1 Å². The quantitative estimate of drug-likeness (QED) is 0.895. The number of carbonyl (C=O) groups excluding carboxylic acids is 1. The van der Waals surface area contributed by atoms with Crippen molar-refractivity contribution in [3.05, 3.63) is 35.6 Å². The highest BCUT2D eigenvalue weighted by molar-refractivity contribution is 5.83. The van der Waals surface area contributed by atoms with Crippen LogP contribution >= 0.6 is 0 Å². The Hall–Kier alpha value is -1.42. The van der Waals surface area contributed by atoms with Gasteiger partial charge >= 0.3 is 0 Å². The van der Waals surface area contributed by atoms with Crippen molar-refractivity contribution in [1.29, 1.82) is 0 Å². The lowest BCUT2D eigenvalue weighted by Gasteiger charge is -2.38. The molecule has 0 spiro atoms. The third kappa shape index (κ3) is 3.43. The lowest BCUT2D eigenvalue weighted by Crippen LogP contribution is -2.48. The summed E-state index contributed by atoms with van der Waals surface area (Å²) in [5, 5.41) is 2.95. The van der Waals surface area contributed by atoms with Crippen LogP contribution in [0.5, 0.6) is 0 Å². The fourth-order valence-corrected chi connectivity index (χ4v) is 3.09. The minimum Gasteiger partial charge on any atom is -0.349 e. The number of nitrogens with two attached hydrogens (primary N) is 1. The molecule has 1 atom stereocenters. The molecule has 0 radical (unpaired) electrons. The molecule has 1 aliphatic carbocycles. The Labute approximate surface area is 126 Å². The molecular weight excluding hydrogens is 267 g/mol. The highest BCUT2D eigenvalue weighted by Crippen LogP contribution is 2.38. The number of hydrogen-bond donors (Lipinski definition) is 2. The average molecular weight is 292 g/mol. The van der Waals surface area contributed by atoms with Gasteiger partial charge in [0, 0.05) is 12.1 Å². The molecule has 0 heterocycles. The summed E-state index contributed by atoms with van der Waals surface area (Å²) in [6, 6.07) is 6.21. The third-order valence-corrected chi connectivity index (χ3v) is 4.82. The monoisotopic (exact) mass is 292 g/mol. The number of halogens is 1. The van der Waals surface area contributed by atoms with Crippen molar-refractivity contribution in [1.82, 2.24) is 5.32 Å². The second-order valence-electron chi connectivity index (χ2n) is 6.38. The summed E-state index contributed by atoms with van der Waals surface area (Å²) in [6.45, 7) is 4.38. The molecule has 4 heteroatoms. The van der Waals surface area contributed by atoms with Gasteiger partial charge in [-0.2, -0.15) is 0 Å². The van der Waals surface area contributed by atoms with Crippen molar-refractivity contribution in [2.24, 2.45) is 17.1 Å². The molecule has 1 fully saturated rings. The molecule has 1 aromatic carbocycles. The van der Waals surface area contributed by atoms with E-state index in [2.05, 4.69) is 12.2 Å². The third-order valence-electron chi connectivity index (χ3n) is 4.82. The average Bonchev–Trinajstić information content (AvgIpc) is 2.48. The molecule has 1 unspecified atom stereocenters. The van der Waals surface area contributed by atoms with Crippen LogP contribution in [0.25, 0.3) is 0 Å². The van der Waals surface area contributed by atoms with Crippen molar-refractivity contribution in [2.45, 2.75) is 45.6 Å². The summed E-state index contributed by atoms with van der Waals surface area (Å²) >= 11 is 0. The van der Waals surface area contributed by atoms with E-state index in [9.17, 15) is 9.18 Å². The van der Waals surface area contributed by atoms with Crippen LogP contribution in [0.1, 0.15) is 51.1 Å². The first kappa shape index (κ1) is 16.0. The summed E-state index contributed by atoms with van der Waals surface area (Å²) in [5.41, 5.74) is 5.93. The number of hydrogen-bond acceptors (Lipinski definition) is 2. The zero-order valence-corrected chi connectivity index (χ0v) is 12.9. The second-order valence-corrected chi connectivity index (χ2v) is 6.38. The molecule has 0 saturated heterocycles. The van der Waals surface area contributed by atoms with E-state index in [1.165, 1.54) is 6.07 Å². The zero-order chi connectivity index (χ0) is 15.5. The molecule has 3 N–H and O–H groups in total. The van der Waals surface area contributed by atoms with Gasteiger partial charge in [-0.05, 0) is 44.6 Å². The van der Waals surface area contributed by atoms with E-state index in [4.69, 9.17) is 5.73 Å². The minimum atomic E-state index is -0.480. The van der Waals surface area contributed by atoms with Gasteiger partial charge in [-0.25, -0.2) is 4.39 Å². The molecule has 2 rings (SSSR count). The predicted octanol–water partition coefficient (Wildman–Crippen LogP) is 3.16. The maximum absolute atomic E-state index is 13.8. The Morgan fingerprint density at radius 1 is 1.43 bits per heavy atom. The fourth-order valence-electron chi connectivity index (χ4n) is 3.09. The number of nitrogens with one attached hydrogen (secondary N) is 1. The maximum atomic E-state index is 13.8. The van der Waals surface area contributed by atoms with Crippen LogP contribution in [0.2, 0.25) is 0 Å². The summed E-state index contributed by atoms with van der Waals surface area (Å²) in [4.78, 5) is 12.6. The van der Waals surface area contributed by atoms with E-state index in [0.29, 0.717) is 18.0 Å². The van der Waals surface area contributed by atoms with Crippen LogP contribution < -0.4 is 11.1 Å². The molecule has 116 valence electrons. The van der Waals surface area contributed by atoms with Crippen molar-refractivity contribution < 1.29 is 9.18 Å². The number of rotatable bonds is 4. The summed E-state index contributed by atoms with van der Waals surface area (Å²) in [6.07, 6.45) is 3.69. The van der Waals surface area contributed by atoms with Crippen LogP contribution in [-0.4, -0.2) is 12.5 Å². The summed E-state index contributed by atoms with van der Waals surface area (Å²) in [7, 11) is 0. The van der Waals surface area contributed by atoms with Crippen molar-refractivity contribution in [3.8, 4) is 0 Å². The first-order valence-electron chi connectivity index (χ1n) is 7.74. The smallest absolute Gasteiger partial charge is 0.227 e. The Morgan fingerprint density at radius 2 is 2.05 bits per heavy atom.